The molecule has 2 fully saturated rings. The molecule has 0 saturated carbocycles. The molecule has 0 unspecified atom stereocenters. The van der Waals surface area contributed by atoms with Crippen LogP contribution < -0.4 is 10.5 Å². The van der Waals surface area contributed by atoms with Gasteiger partial charge in [-0.1, -0.05) is 12.1 Å². The molecule has 2 N–H and O–H groups in total. The lowest BCUT2D eigenvalue weighted by Gasteiger charge is -2.38. The second-order valence-corrected chi connectivity index (χ2v) is 5.81. The quantitative estimate of drug-likeness (QED) is 0.886. The molecule has 2 aliphatic heterocycles. The molecule has 1 aromatic carbocycles. The molecule has 6 heteroatoms. The van der Waals surface area contributed by atoms with Gasteiger partial charge in [-0.15, -0.1) is 0 Å². The number of H-pyrrole nitrogens is 2. The molecule has 0 bridgehead atoms. The van der Waals surface area contributed by atoms with E-state index in [-0.39, 0.29) is 11.3 Å². The lowest BCUT2D eigenvalue weighted by atomic mass is 10.0. The fraction of sp³-hybridized carbons (Fsp3) is 0.438. The molecule has 4 rings (SSSR count). The van der Waals surface area contributed by atoms with Crippen molar-refractivity contribution in [2.45, 2.75) is 18.6 Å². The molecule has 0 amide bonds. The molecule has 0 radical (unpaired) electrons. The van der Waals surface area contributed by atoms with Gasteiger partial charge in [-0.2, -0.15) is 0 Å². The van der Waals surface area contributed by atoms with Gasteiger partial charge in [0.2, 0.25) is 0 Å². The van der Waals surface area contributed by atoms with E-state index in [4.69, 9.17) is 9.47 Å². The summed E-state index contributed by atoms with van der Waals surface area (Å²) in [6, 6.07) is 9.81. The van der Waals surface area contributed by atoms with E-state index in [2.05, 4.69) is 27.2 Å². The average Bonchev–Trinajstić information content (AvgIpc) is 3.18. The molecule has 116 valence electrons. The predicted octanol–water partition coefficient (Wildman–Crippen LogP) is 1.71. The summed E-state index contributed by atoms with van der Waals surface area (Å²) in [7, 11) is 0. The number of anilines is 1. The van der Waals surface area contributed by atoms with Gasteiger partial charge in [0.25, 0.3) is 5.56 Å². The van der Waals surface area contributed by atoms with E-state index in [0.29, 0.717) is 13.2 Å². The van der Waals surface area contributed by atoms with Crippen molar-refractivity contribution in [2.75, 3.05) is 31.2 Å². The Hall–Kier alpha value is -2.05. The molecule has 0 atom stereocenters. The van der Waals surface area contributed by atoms with Gasteiger partial charge in [0, 0.05) is 37.7 Å². The number of rotatable bonds is 2. The fourth-order valence-electron chi connectivity index (χ4n) is 3.23. The normalized spacial score (nSPS) is 20.6. The molecule has 1 aromatic heterocycles. The maximum Gasteiger partial charge on any atom is 0.264 e. The Balaban J connectivity index is 1.46. The standard InChI is InChI=1S/C16H19N3O3/c20-15-11-14(17-18-15)12-1-3-13(4-2-12)19-7-5-16(6-8-19)21-9-10-22-16/h1-4,11H,5-10H2,(H2,17,18,20). The van der Waals surface area contributed by atoms with Gasteiger partial charge in [-0.05, 0) is 17.7 Å². The summed E-state index contributed by atoms with van der Waals surface area (Å²) in [4.78, 5) is 13.5. The summed E-state index contributed by atoms with van der Waals surface area (Å²) in [6.07, 6.45) is 1.81. The highest BCUT2D eigenvalue weighted by Gasteiger charge is 2.39. The van der Waals surface area contributed by atoms with Crippen LogP contribution in [0.15, 0.2) is 35.1 Å². The summed E-state index contributed by atoms with van der Waals surface area (Å²) in [5.74, 6) is -0.332. The maximum absolute atomic E-state index is 11.2. The number of piperidine rings is 1. The number of aromatic amines is 2. The summed E-state index contributed by atoms with van der Waals surface area (Å²) in [5.41, 5.74) is 2.88. The van der Waals surface area contributed by atoms with Crippen LogP contribution in [0.4, 0.5) is 5.69 Å². The monoisotopic (exact) mass is 301 g/mol. The third kappa shape index (κ3) is 2.44. The summed E-state index contributed by atoms with van der Waals surface area (Å²) in [5, 5.41) is 5.42. The van der Waals surface area contributed by atoms with Crippen molar-refractivity contribution in [3.8, 4) is 11.3 Å². The van der Waals surface area contributed by atoms with E-state index < -0.39 is 0 Å². The predicted molar refractivity (Wildman–Crippen MR) is 82.9 cm³/mol. The molecule has 2 aromatic rings. The largest absolute Gasteiger partial charge is 0.371 e. The average molecular weight is 301 g/mol. The van der Waals surface area contributed by atoms with E-state index in [0.717, 1.165) is 37.2 Å². The van der Waals surface area contributed by atoms with Crippen molar-refractivity contribution in [1.29, 1.82) is 0 Å². The Kier molecular flexibility index (Phi) is 3.28. The van der Waals surface area contributed by atoms with Crippen LogP contribution in [-0.2, 0) is 9.47 Å². The van der Waals surface area contributed by atoms with E-state index in [1.54, 1.807) is 6.07 Å². The lowest BCUT2D eigenvalue weighted by Crippen LogP contribution is -2.45. The van der Waals surface area contributed by atoms with E-state index in [1.807, 2.05) is 12.1 Å². The van der Waals surface area contributed by atoms with Crippen LogP contribution in [0.25, 0.3) is 11.3 Å². The van der Waals surface area contributed by atoms with Crippen LogP contribution in [-0.4, -0.2) is 42.3 Å². The third-order valence-electron chi connectivity index (χ3n) is 4.48. The van der Waals surface area contributed by atoms with Crippen molar-refractivity contribution < 1.29 is 9.47 Å². The molecule has 0 aliphatic carbocycles. The first-order chi connectivity index (χ1) is 10.7. The van der Waals surface area contributed by atoms with Crippen molar-refractivity contribution in [3.05, 3.63) is 40.7 Å². The number of aromatic nitrogens is 2. The van der Waals surface area contributed by atoms with Crippen LogP contribution in [0.2, 0.25) is 0 Å². The van der Waals surface area contributed by atoms with Crippen LogP contribution >= 0.6 is 0 Å². The van der Waals surface area contributed by atoms with Gasteiger partial charge in [0.1, 0.15) is 0 Å². The number of nitrogens with one attached hydrogen (secondary N) is 2. The van der Waals surface area contributed by atoms with Gasteiger partial charge in [0.15, 0.2) is 5.79 Å². The lowest BCUT2D eigenvalue weighted by molar-refractivity contribution is -0.169. The highest BCUT2D eigenvalue weighted by Crippen LogP contribution is 2.33. The van der Waals surface area contributed by atoms with Crippen LogP contribution in [0.1, 0.15) is 12.8 Å². The molecule has 1 spiro atoms. The molecule has 2 aliphatic rings. The zero-order chi connectivity index (χ0) is 15.0. The number of hydrogen-bond acceptors (Lipinski definition) is 4. The zero-order valence-electron chi connectivity index (χ0n) is 12.3. The second-order valence-electron chi connectivity index (χ2n) is 5.81. The Labute approximate surface area is 128 Å². The zero-order valence-corrected chi connectivity index (χ0v) is 12.3. The van der Waals surface area contributed by atoms with Crippen LogP contribution in [0, 0.1) is 0 Å². The first kappa shape index (κ1) is 13.6. The molecule has 2 saturated heterocycles. The van der Waals surface area contributed by atoms with Crippen molar-refractivity contribution >= 4 is 5.69 Å². The Morgan fingerprint density at radius 3 is 2.27 bits per heavy atom. The van der Waals surface area contributed by atoms with Crippen molar-refractivity contribution in [1.82, 2.24) is 10.2 Å². The number of hydrogen-bond donors (Lipinski definition) is 2. The maximum atomic E-state index is 11.2. The Morgan fingerprint density at radius 1 is 1.00 bits per heavy atom. The minimum Gasteiger partial charge on any atom is -0.371 e. The summed E-state index contributed by atoms with van der Waals surface area (Å²) in [6.45, 7) is 3.29. The van der Waals surface area contributed by atoms with Crippen LogP contribution in [0.5, 0.6) is 0 Å². The highest BCUT2D eigenvalue weighted by molar-refractivity contribution is 5.62. The van der Waals surface area contributed by atoms with E-state index in [9.17, 15) is 4.79 Å². The molecular weight excluding hydrogens is 282 g/mol. The van der Waals surface area contributed by atoms with E-state index in [1.165, 1.54) is 5.69 Å². The fourth-order valence-corrected chi connectivity index (χ4v) is 3.23. The number of ether oxygens (including phenoxy) is 2. The molecule has 22 heavy (non-hydrogen) atoms. The third-order valence-corrected chi connectivity index (χ3v) is 4.48. The van der Waals surface area contributed by atoms with Crippen LogP contribution in [0.3, 0.4) is 0 Å². The highest BCUT2D eigenvalue weighted by atomic mass is 16.7. The molecular formula is C16H19N3O3. The van der Waals surface area contributed by atoms with Gasteiger partial charge in [-0.25, -0.2) is 0 Å². The minimum atomic E-state index is -0.332. The van der Waals surface area contributed by atoms with Gasteiger partial charge in [0.05, 0.1) is 18.9 Å². The summed E-state index contributed by atoms with van der Waals surface area (Å²) >= 11 is 0. The van der Waals surface area contributed by atoms with Gasteiger partial charge < -0.3 is 14.4 Å². The Bertz CT molecular complexity index is 688. The minimum absolute atomic E-state index is 0.114. The SMILES string of the molecule is O=c1cc(-c2ccc(N3CCC4(CC3)OCCO4)cc2)[nH][nH]1. The summed E-state index contributed by atoms with van der Waals surface area (Å²) < 4.78 is 11.5. The van der Waals surface area contributed by atoms with Crippen molar-refractivity contribution in [3.63, 3.8) is 0 Å². The number of benzene rings is 1. The molecule has 3 heterocycles. The van der Waals surface area contributed by atoms with Gasteiger partial charge >= 0.3 is 0 Å². The first-order valence-corrected chi connectivity index (χ1v) is 7.65. The van der Waals surface area contributed by atoms with Gasteiger partial charge in [-0.3, -0.25) is 15.0 Å². The van der Waals surface area contributed by atoms with E-state index >= 15 is 0 Å². The number of nitrogens with zero attached hydrogens (tertiary/aromatic N) is 1. The van der Waals surface area contributed by atoms with Crippen molar-refractivity contribution in [2.24, 2.45) is 0 Å². The molecule has 6 nitrogen and oxygen atoms in total. The smallest absolute Gasteiger partial charge is 0.264 e. The topological polar surface area (TPSA) is 70.3 Å². The Morgan fingerprint density at radius 2 is 1.68 bits per heavy atom. The second kappa shape index (κ2) is 5.30. The first-order valence-electron chi connectivity index (χ1n) is 7.65.